The molecule has 0 unspecified atom stereocenters. The van der Waals surface area contributed by atoms with Gasteiger partial charge in [-0.2, -0.15) is 0 Å². The molecule has 0 aliphatic heterocycles. The highest BCUT2D eigenvalue weighted by Gasteiger charge is 2.23. The monoisotopic (exact) mass is 381 g/mol. The van der Waals surface area contributed by atoms with Crippen LogP contribution in [0.4, 0.5) is 5.69 Å². The highest BCUT2D eigenvalue weighted by Crippen LogP contribution is 2.26. The quantitative estimate of drug-likeness (QED) is 0.777. The maximum absolute atomic E-state index is 12.5. The van der Waals surface area contributed by atoms with E-state index in [1.807, 2.05) is 0 Å². The fraction of sp³-hybridized carbons (Fsp3) is 0.250. The van der Waals surface area contributed by atoms with Crippen molar-refractivity contribution in [3.8, 4) is 5.75 Å². The number of aryl methyl sites for hydroxylation is 1. The van der Waals surface area contributed by atoms with E-state index >= 15 is 0 Å². The molecule has 10 heteroatoms. The smallest absolute Gasteiger partial charge is 0.335 e. The van der Waals surface area contributed by atoms with E-state index in [2.05, 4.69) is 5.32 Å². The van der Waals surface area contributed by atoms with Crippen molar-refractivity contribution in [1.29, 1.82) is 0 Å². The Morgan fingerprint density at radius 1 is 1.23 bits per heavy atom. The van der Waals surface area contributed by atoms with Gasteiger partial charge in [0.05, 0.1) is 18.4 Å². The third-order valence-electron chi connectivity index (χ3n) is 3.69. The van der Waals surface area contributed by atoms with Crippen LogP contribution < -0.4 is 10.1 Å². The molecular formula is C16H19N3O6S. The highest BCUT2D eigenvalue weighted by atomic mass is 32.2. The first-order valence-corrected chi connectivity index (χ1v) is 8.83. The lowest BCUT2D eigenvalue weighted by molar-refractivity contribution is 0.0696. The lowest BCUT2D eigenvalue weighted by Crippen LogP contribution is -2.21. The highest BCUT2D eigenvalue weighted by molar-refractivity contribution is 7.89. The second-order valence-electron chi connectivity index (χ2n) is 5.63. The van der Waals surface area contributed by atoms with Gasteiger partial charge in [-0.25, -0.2) is 17.5 Å². The van der Waals surface area contributed by atoms with Crippen molar-refractivity contribution < 1.29 is 27.9 Å². The number of methoxy groups -OCH3 is 1. The zero-order chi connectivity index (χ0) is 19.6. The molecule has 0 saturated heterocycles. The van der Waals surface area contributed by atoms with Gasteiger partial charge in [-0.3, -0.25) is 4.79 Å². The van der Waals surface area contributed by atoms with Gasteiger partial charge in [-0.1, -0.05) is 0 Å². The second kappa shape index (κ2) is 7.18. The Hall–Kier alpha value is -2.85. The van der Waals surface area contributed by atoms with Gasteiger partial charge in [0.25, 0.3) is 5.91 Å². The molecule has 9 nitrogen and oxygen atoms in total. The Morgan fingerprint density at radius 3 is 2.42 bits per heavy atom. The third-order valence-corrected chi connectivity index (χ3v) is 5.47. The number of amides is 1. The molecule has 2 rings (SSSR count). The van der Waals surface area contributed by atoms with Crippen molar-refractivity contribution >= 4 is 27.6 Å². The first-order chi connectivity index (χ1) is 12.1. The molecule has 2 aromatic rings. The Balaban J connectivity index is 2.34. The van der Waals surface area contributed by atoms with E-state index in [1.165, 1.54) is 56.2 Å². The van der Waals surface area contributed by atoms with Crippen molar-refractivity contribution in [3.05, 3.63) is 41.7 Å². The molecule has 1 heterocycles. The predicted octanol–water partition coefficient (Wildman–Crippen LogP) is 1.23. The number of benzene rings is 1. The van der Waals surface area contributed by atoms with Crippen LogP contribution in [0.25, 0.3) is 0 Å². The molecule has 0 atom stereocenters. The molecule has 0 saturated carbocycles. The molecule has 2 N–H and O–H groups in total. The number of carboxylic acids is 1. The lowest BCUT2D eigenvalue weighted by atomic mass is 10.2. The van der Waals surface area contributed by atoms with Crippen LogP contribution in [0.1, 0.15) is 20.8 Å². The zero-order valence-electron chi connectivity index (χ0n) is 14.7. The number of carboxylic acid groups (broad SMARTS) is 1. The van der Waals surface area contributed by atoms with Crippen LogP contribution in [0.15, 0.2) is 35.4 Å². The number of anilines is 1. The number of ether oxygens (including phenoxy) is 1. The average molecular weight is 381 g/mol. The molecular weight excluding hydrogens is 362 g/mol. The van der Waals surface area contributed by atoms with Gasteiger partial charge in [0.2, 0.25) is 10.0 Å². The predicted molar refractivity (Wildman–Crippen MR) is 94.2 cm³/mol. The number of aromatic nitrogens is 1. The maximum atomic E-state index is 12.5. The van der Waals surface area contributed by atoms with E-state index in [-0.39, 0.29) is 27.6 Å². The lowest BCUT2D eigenvalue weighted by Gasteiger charge is -2.11. The first kappa shape index (κ1) is 19.5. The summed E-state index contributed by atoms with van der Waals surface area (Å²) in [5, 5.41) is 11.6. The van der Waals surface area contributed by atoms with Crippen LogP contribution in [-0.4, -0.2) is 55.5 Å². The van der Waals surface area contributed by atoms with E-state index in [9.17, 15) is 18.0 Å². The third kappa shape index (κ3) is 3.70. The van der Waals surface area contributed by atoms with E-state index in [0.29, 0.717) is 0 Å². The van der Waals surface area contributed by atoms with Gasteiger partial charge in [-0.05, 0) is 24.3 Å². The number of aromatic carboxylic acids is 1. The number of carbonyl (C=O) groups is 2. The molecule has 0 spiro atoms. The summed E-state index contributed by atoms with van der Waals surface area (Å²) in [4.78, 5) is 23.5. The van der Waals surface area contributed by atoms with Gasteiger partial charge in [0.1, 0.15) is 16.3 Å². The Bertz CT molecular complexity index is 962. The minimum absolute atomic E-state index is 0.0108. The summed E-state index contributed by atoms with van der Waals surface area (Å²) in [5.74, 6) is -1.51. The minimum atomic E-state index is -3.67. The minimum Gasteiger partial charge on any atom is -0.495 e. The van der Waals surface area contributed by atoms with Gasteiger partial charge >= 0.3 is 5.97 Å². The molecule has 1 aromatic heterocycles. The molecule has 0 aliphatic rings. The number of nitrogens with zero attached hydrogens (tertiary/aromatic N) is 2. The van der Waals surface area contributed by atoms with Gasteiger partial charge in [-0.15, -0.1) is 0 Å². The number of carbonyl (C=O) groups excluding carboxylic acids is 1. The number of rotatable bonds is 6. The largest absolute Gasteiger partial charge is 0.495 e. The van der Waals surface area contributed by atoms with Crippen LogP contribution in [0, 0.1) is 0 Å². The summed E-state index contributed by atoms with van der Waals surface area (Å²) in [6.07, 6.45) is 1.34. The van der Waals surface area contributed by atoms with Crippen LogP contribution in [0.5, 0.6) is 5.75 Å². The summed E-state index contributed by atoms with van der Waals surface area (Å²) in [5.41, 5.74) is 0.397. The van der Waals surface area contributed by atoms with E-state index in [1.54, 1.807) is 7.05 Å². The standard InChI is InChI=1S/C16H19N3O6S/c1-18(2)26(23,24)11-8-13(19(3)9-11)15(20)17-12-6-5-10(16(21)22)7-14(12)25-4/h5-9H,1-4H3,(H,17,20)(H,21,22). The molecule has 0 bridgehead atoms. The normalized spacial score (nSPS) is 11.4. The van der Waals surface area contributed by atoms with Crippen molar-refractivity contribution in [2.45, 2.75) is 4.90 Å². The summed E-state index contributed by atoms with van der Waals surface area (Å²) in [6, 6.07) is 5.28. The maximum Gasteiger partial charge on any atom is 0.335 e. The second-order valence-corrected chi connectivity index (χ2v) is 7.79. The molecule has 1 amide bonds. The summed E-state index contributed by atoms with van der Waals surface area (Å²) >= 11 is 0. The number of nitrogens with one attached hydrogen (secondary N) is 1. The van der Waals surface area contributed by atoms with Gasteiger partial charge in [0.15, 0.2) is 0 Å². The molecule has 26 heavy (non-hydrogen) atoms. The van der Waals surface area contributed by atoms with Crippen LogP contribution in [-0.2, 0) is 17.1 Å². The molecule has 140 valence electrons. The topological polar surface area (TPSA) is 118 Å². The average Bonchev–Trinajstić information content (AvgIpc) is 2.97. The van der Waals surface area contributed by atoms with E-state index < -0.39 is 21.9 Å². The number of hydrogen-bond donors (Lipinski definition) is 2. The van der Waals surface area contributed by atoms with Gasteiger partial charge in [0, 0.05) is 27.3 Å². The van der Waals surface area contributed by atoms with E-state index in [4.69, 9.17) is 9.84 Å². The molecule has 0 aliphatic carbocycles. The fourth-order valence-electron chi connectivity index (χ4n) is 2.23. The van der Waals surface area contributed by atoms with Crippen LogP contribution in [0.3, 0.4) is 0 Å². The molecule has 1 aromatic carbocycles. The van der Waals surface area contributed by atoms with Crippen molar-refractivity contribution in [2.24, 2.45) is 7.05 Å². The van der Waals surface area contributed by atoms with Crippen molar-refractivity contribution in [2.75, 3.05) is 26.5 Å². The van der Waals surface area contributed by atoms with Crippen LogP contribution >= 0.6 is 0 Å². The van der Waals surface area contributed by atoms with E-state index in [0.717, 1.165) is 4.31 Å². The summed E-state index contributed by atoms with van der Waals surface area (Å²) in [7, 11) is 2.03. The Kier molecular flexibility index (Phi) is 5.38. The molecule has 0 fully saturated rings. The van der Waals surface area contributed by atoms with Crippen LogP contribution in [0.2, 0.25) is 0 Å². The van der Waals surface area contributed by atoms with Crippen molar-refractivity contribution in [3.63, 3.8) is 0 Å². The first-order valence-electron chi connectivity index (χ1n) is 7.39. The van der Waals surface area contributed by atoms with Gasteiger partial charge < -0.3 is 19.7 Å². The summed E-state index contributed by atoms with van der Waals surface area (Å²) < 4.78 is 31.9. The van der Waals surface area contributed by atoms with Crippen molar-refractivity contribution in [1.82, 2.24) is 8.87 Å². The zero-order valence-corrected chi connectivity index (χ0v) is 15.5. The molecule has 0 radical (unpaired) electrons. The number of hydrogen-bond acceptors (Lipinski definition) is 5. The SMILES string of the molecule is COc1cc(C(=O)O)ccc1NC(=O)c1cc(S(=O)(=O)N(C)C)cn1C. The summed E-state index contributed by atoms with van der Waals surface area (Å²) in [6.45, 7) is 0. The fourth-order valence-corrected chi connectivity index (χ4v) is 3.20. The number of sulfonamides is 1. The Morgan fingerprint density at radius 2 is 1.88 bits per heavy atom. The Labute approximate surface area is 150 Å².